The molecule has 0 aliphatic heterocycles. The van der Waals surface area contributed by atoms with Crippen LogP contribution in [0.5, 0.6) is 0 Å². The van der Waals surface area contributed by atoms with Gasteiger partial charge in [-0.05, 0) is 6.07 Å². The minimum Gasteiger partial charge on any atom is -0.235 e. The molecule has 65 valence electrons. The molecule has 0 aliphatic rings. The van der Waals surface area contributed by atoms with E-state index in [1.165, 1.54) is 0 Å². The van der Waals surface area contributed by atoms with Crippen LogP contribution >= 0.6 is 0 Å². The van der Waals surface area contributed by atoms with E-state index in [4.69, 9.17) is 0 Å². The summed E-state index contributed by atoms with van der Waals surface area (Å²) in [4.78, 5) is 7.98. The molecule has 0 saturated carbocycles. The van der Waals surface area contributed by atoms with Gasteiger partial charge < -0.3 is 0 Å². The third kappa shape index (κ3) is 1.66. The minimum absolute atomic E-state index is 0. The molecule has 0 unspecified atom stereocenters. The van der Waals surface area contributed by atoms with E-state index < -0.39 is 0 Å². The van der Waals surface area contributed by atoms with Gasteiger partial charge in [0, 0.05) is 29.5 Å². The van der Waals surface area contributed by atoms with Crippen molar-refractivity contribution in [3.8, 4) is 11.5 Å². The van der Waals surface area contributed by atoms with Crippen molar-refractivity contribution in [2.75, 3.05) is 0 Å². The van der Waals surface area contributed by atoms with Gasteiger partial charge in [0.25, 0.3) is 0 Å². The van der Waals surface area contributed by atoms with E-state index >= 15 is 0 Å². The third-order valence-corrected chi connectivity index (χ3v) is 1.21. The van der Waals surface area contributed by atoms with Crippen molar-refractivity contribution >= 4 is 0 Å². The Labute approximate surface area is 79.1 Å². The Morgan fingerprint density at radius 2 is 1.92 bits per heavy atom. The van der Waals surface area contributed by atoms with E-state index in [1.807, 2.05) is 0 Å². The zero-order chi connectivity index (χ0) is 7.52. The van der Waals surface area contributed by atoms with Crippen molar-refractivity contribution in [1.29, 1.82) is 0 Å². The van der Waals surface area contributed by atoms with Crippen molar-refractivity contribution in [3.05, 3.63) is 24.7 Å². The maximum Gasteiger partial charge on any atom is 0.181 e. The Morgan fingerprint density at radius 3 is 2.50 bits per heavy atom. The van der Waals surface area contributed by atoms with Crippen LogP contribution in [0.2, 0.25) is 0 Å². The summed E-state index contributed by atoms with van der Waals surface area (Å²) in [6.07, 6.45) is 4.91. The summed E-state index contributed by atoms with van der Waals surface area (Å²) >= 11 is 0. The summed E-state index contributed by atoms with van der Waals surface area (Å²) < 4.78 is 0. The first-order valence-corrected chi connectivity index (χ1v) is 3.10. The molecule has 0 atom stereocenters. The second kappa shape index (κ2) is 3.94. The molecule has 2 aromatic heterocycles. The first-order chi connectivity index (χ1) is 5.47. The zero-order valence-corrected chi connectivity index (χ0v) is 6.84. The van der Waals surface area contributed by atoms with E-state index in [1.54, 1.807) is 24.7 Å². The molecule has 1 N–H and O–H groups in total. The number of H-pyrrole nitrogens is 1. The molecule has 6 heteroatoms. The van der Waals surface area contributed by atoms with Crippen molar-refractivity contribution in [3.63, 3.8) is 0 Å². The molecule has 0 aromatic carbocycles. The van der Waals surface area contributed by atoms with Crippen LogP contribution in [-0.2, 0) is 17.1 Å². The monoisotopic (exact) mass is 210 g/mol. The summed E-state index contributed by atoms with van der Waals surface area (Å²) in [5.41, 5.74) is 0.658. The number of hydrogen-bond donors (Lipinski definition) is 1. The number of nitrogens with zero attached hydrogens (tertiary/aromatic N) is 4. The van der Waals surface area contributed by atoms with Crippen LogP contribution in [0.4, 0.5) is 0 Å². The molecule has 5 nitrogen and oxygen atoms in total. The molecule has 2 rings (SSSR count). The van der Waals surface area contributed by atoms with E-state index in [2.05, 4.69) is 25.4 Å². The maximum absolute atomic E-state index is 3.99. The van der Waals surface area contributed by atoms with E-state index in [0.29, 0.717) is 11.5 Å². The van der Waals surface area contributed by atoms with E-state index in [0.717, 1.165) is 0 Å². The molecule has 0 bridgehead atoms. The molecule has 2 aromatic rings. The molecular weight excluding hydrogens is 206 g/mol. The zero-order valence-electron chi connectivity index (χ0n) is 5.90. The average Bonchev–Trinajstić information content (AvgIpc) is 2.58. The van der Waals surface area contributed by atoms with Crippen LogP contribution in [0.15, 0.2) is 24.7 Å². The molecule has 0 fully saturated rings. The Morgan fingerprint density at radius 1 is 1.17 bits per heavy atom. The fourth-order valence-electron chi connectivity index (χ4n) is 0.741. The molecule has 0 aliphatic carbocycles. The summed E-state index contributed by atoms with van der Waals surface area (Å²) in [6.45, 7) is 0. The normalized spacial score (nSPS) is 9.00. The average molecular weight is 211 g/mol. The Bertz CT molecular complexity index is 319. The van der Waals surface area contributed by atoms with Gasteiger partial charge in [-0.3, -0.25) is 0 Å². The molecule has 2 heterocycles. The second-order valence-electron chi connectivity index (χ2n) is 1.93. The predicted molar refractivity (Wildman–Crippen MR) is 37.4 cm³/mol. The van der Waals surface area contributed by atoms with Crippen LogP contribution in [0.1, 0.15) is 0 Å². The molecule has 12 heavy (non-hydrogen) atoms. The Kier molecular flexibility index (Phi) is 2.90. The molecule has 0 saturated heterocycles. The van der Waals surface area contributed by atoms with Gasteiger partial charge in [0.1, 0.15) is 5.69 Å². The van der Waals surface area contributed by atoms with Crippen LogP contribution in [0.25, 0.3) is 11.5 Å². The van der Waals surface area contributed by atoms with Crippen molar-refractivity contribution in [2.24, 2.45) is 0 Å². The summed E-state index contributed by atoms with van der Waals surface area (Å²) in [5.74, 6) is 0.584. The fraction of sp³-hybridized carbons (Fsp3) is 0. The van der Waals surface area contributed by atoms with Gasteiger partial charge in [0.15, 0.2) is 5.82 Å². The van der Waals surface area contributed by atoms with Gasteiger partial charge in [-0.15, -0.1) is 0 Å². The van der Waals surface area contributed by atoms with Gasteiger partial charge in [-0.1, -0.05) is 0 Å². The van der Waals surface area contributed by atoms with Gasteiger partial charge in [0.05, 0.1) is 6.20 Å². The third-order valence-electron chi connectivity index (χ3n) is 1.21. The summed E-state index contributed by atoms with van der Waals surface area (Å²) in [6, 6.07) is 1.75. The Hall–Kier alpha value is -1.26. The largest absolute Gasteiger partial charge is 0.235 e. The fourth-order valence-corrected chi connectivity index (χ4v) is 0.741. The first kappa shape index (κ1) is 8.83. The summed E-state index contributed by atoms with van der Waals surface area (Å²) in [7, 11) is 0. The van der Waals surface area contributed by atoms with Gasteiger partial charge in [-0.25, -0.2) is 9.97 Å². The molecular formula is C6H5CuN5. The van der Waals surface area contributed by atoms with E-state index in [9.17, 15) is 0 Å². The topological polar surface area (TPSA) is 67.3 Å². The van der Waals surface area contributed by atoms with Crippen molar-refractivity contribution in [1.82, 2.24) is 25.4 Å². The molecule has 0 amide bonds. The number of aromatic nitrogens is 5. The van der Waals surface area contributed by atoms with Crippen LogP contribution in [0.3, 0.4) is 0 Å². The maximum atomic E-state index is 3.99. The minimum atomic E-state index is 0. The van der Waals surface area contributed by atoms with Gasteiger partial charge >= 0.3 is 0 Å². The first-order valence-electron chi connectivity index (χ1n) is 3.10. The smallest absolute Gasteiger partial charge is 0.181 e. The standard InChI is InChI=1S/C6H5N5.Cu/c1-2-7-6(8-3-1)5-4-9-11-10-5;/h1-4H,(H,9,10,11);. The molecule has 1 radical (unpaired) electrons. The number of hydrogen-bond acceptors (Lipinski definition) is 4. The number of aromatic amines is 1. The summed E-state index contributed by atoms with van der Waals surface area (Å²) in [5, 5.41) is 9.96. The van der Waals surface area contributed by atoms with Crippen LogP contribution in [-0.4, -0.2) is 25.4 Å². The number of nitrogens with one attached hydrogen (secondary N) is 1. The van der Waals surface area contributed by atoms with E-state index in [-0.39, 0.29) is 17.1 Å². The second-order valence-corrected chi connectivity index (χ2v) is 1.93. The SMILES string of the molecule is [Cu].c1cnc(-c2cn[nH]n2)nc1. The van der Waals surface area contributed by atoms with Crippen LogP contribution in [0, 0.1) is 0 Å². The predicted octanol–water partition coefficient (Wildman–Crippen LogP) is 0.259. The van der Waals surface area contributed by atoms with Crippen LogP contribution < -0.4 is 0 Å². The van der Waals surface area contributed by atoms with Gasteiger partial charge in [-0.2, -0.15) is 15.4 Å². The molecule has 0 spiro atoms. The number of rotatable bonds is 1. The quantitative estimate of drug-likeness (QED) is 0.686. The Balaban J connectivity index is 0.000000720. The van der Waals surface area contributed by atoms with Crippen molar-refractivity contribution < 1.29 is 17.1 Å². The van der Waals surface area contributed by atoms with Crippen molar-refractivity contribution in [2.45, 2.75) is 0 Å². The van der Waals surface area contributed by atoms with Gasteiger partial charge in [0.2, 0.25) is 0 Å².